The van der Waals surface area contributed by atoms with Crippen molar-refractivity contribution in [3.63, 3.8) is 0 Å². The van der Waals surface area contributed by atoms with E-state index in [1.54, 1.807) is 0 Å². The van der Waals surface area contributed by atoms with Crippen molar-refractivity contribution in [2.75, 3.05) is 12.4 Å². The Morgan fingerprint density at radius 3 is 2.86 bits per heavy atom. The van der Waals surface area contributed by atoms with Crippen molar-refractivity contribution in [3.05, 3.63) is 0 Å². The van der Waals surface area contributed by atoms with E-state index in [0.717, 1.165) is 38.6 Å². The lowest BCUT2D eigenvalue weighted by atomic mass is 9.77. The Morgan fingerprint density at radius 1 is 1.43 bits per heavy atom. The van der Waals surface area contributed by atoms with E-state index in [2.05, 4.69) is 0 Å². The van der Waals surface area contributed by atoms with Gasteiger partial charge in [-0.25, -0.2) is 0 Å². The molecule has 1 saturated carbocycles. The zero-order chi connectivity index (χ0) is 10.4. The smallest absolute Gasteiger partial charge is 0.136 e. The molecule has 2 nitrogen and oxygen atoms in total. The Bertz CT molecular complexity index is 184. The summed E-state index contributed by atoms with van der Waals surface area (Å²) in [6.07, 6.45) is 6.01. The van der Waals surface area contributed by atoms with Crippen LogP contribution < -0.4 is 5.73 Å². The Morgan fingerprint density at radius 2 is 2.21 bits per heavy atom. The van der Waals surface area contributed by atoms with Crippen molar-refractivity contribution in [2.45, 2.75) is 38.5 Å². The lowest BCUT2D eigenvalue weighted by Gasteiger charge is -2.27. The van der Waals surface area contributed by atoms with E-state index >= 15 is 0 Å². The predicted octanol–water partition coefficient (Wildman–Crippen LogP) is 2.34. The highest BCUT2D eigenvalue weighted by atomic mass is 35.5. The van der Waals surface area contributed by atoms with Gasteiger partial charge >= 0.3 is 0 Å². The molecular formula is C11H20ClNO. The second kappa shape index (κ2) is 6.41. The molecule has 1 aliphatic rings. The highest BCUT2D eigenvalue weighted by Gasteiger charge is 2.27. The zero-order valence-electron chi connectivity index (χ0n) is 8.68. The first-order valence-corrected chi connectivity index (χ1v) is 6.10. The van der Waals surface area contributed by atoms with E-state index in [1.165, 1.54) is 6.42 Å². The summed E-state index contributed by atoms with van der Waals surface area (Å²) in [5.74, 6) is 1.99. The monoisotopic (exact) mass is 217 g/mol. The molecule has 0 bridgehead atoms. The van der Waals surface area contributed by atoms with Crippen molar-refractivity contribution in [1.82, 2.24) is 0 Å². The van der Waals surface area contributed by atoms with Crippen molar-refractivity contribution in [1.29, 1.82) is 0 Å². The van der Waals surface area contributed by atoms with Gasteiger partial charge in [-0.1, -0.05) is 0 Å². The van der Waals surface area contributed by atoms with Gasteiger partial charge in [0, 0.05) is 18.2 Å². The molecule has 0 aromatic rings. The fourth-order valence-electron chi connectivity index (χ4n) is 2.28. The molecule has 0 radical (unpaired) electrons. The van der Waals surface area contributed by atoms with Crippen molar-refractivity contribution < 1.29 is 4.79 Å². The van der Waals surface area contributed by atoms with E-state index in [0.29, 0.717) is 17.6 Å². The molecule has 1 aliphatic carbocycles. The van der Waals surface area contributed by atoms with Gasteiger partial charge in [0.05, 0.1) is 0 Å². The van der Waals surface area contributed by atoms with Crippen LogP contribution in [0.25, 0.3) is 0 Å². The average Bonchev–Trinajstić information content (AvgIpc) is 2.19. The van der Waals surface area contributed by atoms with E-state index in [9.17, 15) is 4.79 Å². The van der Waals surface area contributed by atoms with Crippen LogP contribution in [0.5, 0.6) is 0 Å². The molecule has 0 aromatic carbocycles. The summed E-state index contributed by atoms with van der Waals surface area (Å²) in [4.78, 5) is 11.5. The molecule has 0 heterocycles. The van der Waals surface area contributed by atoms with Gasteiger partial charge in [-0.2, -0.15) is 0 Å². The highest BCUT2D eigenvalue weighted by molar-refractivity contribution is 6.18. The number of alkyl halides is 1. The summed E-state index contributed by atoms with van der Waals surface area (Å²) >= 11 is 5.68. The van der Waals surface area contributed by atoms with Crippen LogP contribution in [0, 0.1) is 11.8 Å². The molecule has 0 spiro atoms. The minimum Gasteiger partial charge on any atom is -0.330 e. The number of nitrogens with two attached hydrogens (primary N) is 1. The van der Waals surface area contributed by atoms with Gasteiger partial charge in [0.1, 0.15) is 5.78 Å². The highest BCUT2D eigenvalue weighted by Crippen LogP contribution is 2.31. The topological polar surface area (TPSA) is 43.1 Å². The van der Waals surface area contributed by atoms with Crippen LogP contribution in [-0.2, 0) is 4.79 Å². The van der Waals surface area contributed by atoms with Gasteiger partial charge in [0.25, 0.3) is 0 Å². The number of hydrogen-bond acceptors (Lipinski definition) is 2. The Hall–Kier alpha value is -0.0800. The minimum atomic E-state index is 0.240. The standard InChI is InChI=1S/C11H20ClNO/c12-6-5-10-8-9(2-1-7-13)3-4-11(10)14/h9-10H,1-8,13H2. The van der Waals surface area contributed by atoms with Crippen molar-refractivity contribution in [2.24, 2.45) is 17.6 Å². The number of hydrogen-bond donors (Lipinski definition) is 1. The van der Waals surface area contributed by atoms with Crippen molar-refractivity contribution >= 4 is 17.4 Å². The Balaban J connectivity index is 2.32. The molecule has 3 heteroatoms. The number of carbonyl (C=O) groups is 1. The third-order valence-electron chi connectivity index (χ3n) is 3.15. The Kier molecular flexibility index (Phi) is 5.49. The summed E-state index contributed by atoms with van der Waals surface area (Å²) in [6, 6.07) is 0. The molecule has 1 rings (SSSR count). The molecule has 2 N–H and O–H groups in total. The van der Waals surface area contributed by atoms with E-state index < -0.39 is 0 Å². The molecule has 2 atom stereocenters. The maximum Gasteiger partial charge on any atom is 0.136 e. The maximum atomic E-state index is 11.5. The number of halogens is 1. The molecule has 0 amide bonds. The molecule has 0 aromatic heterocycles. The van der Waals surface area contributed by atoms with Crippen LogP contribution in [0.2, 0.25) is 0 Å². The lowest BCUT2D eigenvalue weighted by Crippen LogP contribution is -2.25. The third-order valence-corrected chi connectivity index (χ3v) is 3.36. The number of carbonyl (C=O) groups excluding carboxylic acids is 1. The predicted molar refractivity (Wildman–Crippen MR) is 59.5 cm³/mol. The number of rotatable bonds is 5. The van der Waals surface area contributed by atoms with Gasteiger partial charge in [-0.3, -0.25) is 4.79 Å². The fourth-order valence-corrected chi connectivity index (χ4v) is 2.54. The van der Waals surface area contributed by atoms with Crippen LogP contribution in [-0.4, -0.2) is 18.2 Å². The quantitative estimate of drug-likeness (QED) is 0.719. The number of Topliss-reactive ketones (excluding diaryl/α,β-unsaturated/α-hetero) is 1. The van der Waals surface area contributed by atoms with Crippen LogP contribution >= 0.6 is 11.6 Å². The molecule has 1 fully saturated rings. The van der Waals surface area contributed by atoms with E-state index in [-0.39, 0.29) is 5.92 Å². The SMILES string of the molecule is NCCCC1CCC(=O)C(CCCl)C1. The average molecular weight is 218 g/mol. The lowest BCUT2D eigenvalue weighted by molar-refractivity contribution is -0.125. The largest absolute Gasteiger partial charge is 0.330 e. The van der Waals surface area contributed by atoms with Crippen LogP contribution in [0.4, 0.5) is 0 Å². The third kappa shape index (κ3) is 3.58. The second-order valence-electron chi connectivity index (χ2n) is 4.21. The Labute approximate surface area is 91.2 Å². The molecule has 0 saturated heterocycles. The van der Waals surface area contributed by atoms with E-state index in [4.69, 9.17) is 17.3 Å². The summed E-state index contributed by atoms with van der Waals surface area (Å²) in [6.45, 7) is 0.768. The summed E-state index contributed by atoms with van der Waals surface area (Å²) in [5.41, 5.74) is 5.48. The number of ketones is 1. The first kappa shape index (κ1) is 12.0. The zero-order valence-corrected chi connectivity index (χ0v) is 9.43. The van der Waals surface area contributed by atoms with Crippen molar-refractivity contribution in [3.8, 4) is 0 Å². The van der Waals surface area contributed by atoms with Gasteiger partial charge in [-0.15, -0.1) is 11.6 Å². The van der Waals surface area contributed by atoms with Crippen LogP contribution in [0.1, 0.15) is 38.5 Å². The van der Waals surface area contributed by atoms with Gasteiger partial charge in [-0.05, 0) is 44.6 Å². The summed E-state index contributed by atoms with van der Waals surface area (Å²) in [7, 11) is 0. The van der Waals surface area contributed by atoms with Gasteiger partial charge < -0.3 is 5.73 Å². The van der Waals surface area contributed by atoms with Gasteiger partial charge in [0.2, 0.25) is 0 Å². The second-order valence-corrected chi connectivity index (χ2v) is 4.59. The molecular weight excluding hydrogens is 198 g/mol. The molecule has 82 valence electrons. The fraction of sp³-hybridized carbons (Fsp3) is 0.909. The summed E-state index contributed by atoms with van der Waals surface area (Å²) < 4.78 is 0. The first-order chi connectivity index (χ1) is 6.77. The summed E-state index contributed by atoms with van der Waals surface area (Å²) in [5, 5.41) is 0. The van der Waals surface area contributed by atoms with Crippen LogP contribution in [0.3, 0.4) is 0 Å². The molecule has 0 aliphatic heterocycles. The molecule has 2 unspecified atom stereocenters. The van der Waals surface area contributed by atoms with E-state index in [1.807, 2.05) is 0 Å². The minimum absolute atomic E-state index is 0.240. The molecule has 14 heavy (non-hydrogen) atoms. The van der Waals surface area contributed by atoms with Gasteiger partial charge in [0.15, 0.2) is 0 Å². The van der Waals surface area contributed by atoms with Crippen LogP contribution in [0.15, 0.2) is 0 Å². The first-order valence-electron chi connectivity index (χ1n) is 5.56. The normalized spacial score (nSPS) is 28.0. The maximum absolute atomic E-state index is 11.5.